The van der Waals surface area contributed by atoms with Gasteiger partial charge < -0.3 is 5.32 Å². The maximum absolute atomic E-state index is 11.7. The molecule has 1 N–H and O–H groups in total. The van der Waals surface area contributed by atoms with E-state index in [-0.39, 0.29) is 5.91 Å². The summed E-state index contributed by atoms with van der Waals surface area (Å²) >= 11 is 3.39. The molecule has 2 nitrogen and oxygen atoms in total. The summed E-state index contributed by atoms with van der Waals surface area (Å²) in [7, 11) is 0. The molecule has 0 saturated heterocycles. The molecule has 0 heterocycles. The lowest BCUT2D eigenvalue weighted by molar-refractivity contribution is -0.126. The fourth-order valence-corrected chi connectivity index (χ4v) is 2.49. The van der Waals surface area contributed by atoms with Crippen LogP contribution in [0.25, 0.3) is 0 Å². The topological polar surface area (TPSA) is 29.1 Å². The molecule has 1 saturated carbocycles. The van der Waals surface area contributed by atoms with E-state index in [1.807, 2.05) is 0 Å². The second-order valence-corrected chi connectivity index (χ2v) is 5.44. The van der Waals surface area contributed by atoms with Gasteiger partial charge in [0.2, 0.25) is 5.91 Å². The number of halogens is 1. The molecule has 0 radical (unpaired) electrons. The van der Waals surface area contributed by atoms with E-state index in [0.717, 1.165) is 43.5 Å². The van der Waals surface area contributed by atoms with Crippen molar-refractivity contribution < 1.29 is 4.79 Å². The van der Waals surface area contributed by atoms with Gasteiger partial charge in [0.15, 0.2) is 0 Å². The van der Waals surface area contributed by atoms with Crippen LogP contribution in [0, 0.1) is 11.8 Å². The summed E-state index contributed by atoms with van der Waals surface area (Å²) in [5.74, 6) is 1.41. The van der Waals surface area contributed by atoms with Crippen LogP contribution < -0.4 is 5.32 Å². The molecule has 1 fully saturated rings. The molecule has 1 aliphatic carbocycles. The largest absolute Gasteiger partial charge is 0.356 e. The molecule has 0 unspecified atom stereocenters. The van der Waals surface area contributed by atoms with Crippen molar-refractivity contribution in [1.82, 2.24) is 5.32 Å². The Labute approximate surface area is 101 Å². The van der Waals surface area contributed by atoms with Gasteiger partial charge in [0.05, 0.1) is 0 Å². The number of hydrogen-bond donors (Lipinski definition) is 1. The van der Waals surface area contributed by atoms with Gasteiger partial charge in [-0.3, -0.25) is 4.79 Å². The SMILES string of the molecule is CC1CCC(C(=O)NCCCCBr)CC1. The van der Waals surface area contributed by atoms with Gasteiger partial charge in [0.25, 0.3) is 0 Å². The second kappa shape index (κ2) is 7.26. The van der Waals surface area contributed by atoms with Crippen molar-refractivity contribution in [2.45, 2.75) is 45.4 Å². The molecular formula is C12H22BrNO. The molecule has 1 rings (SSSR count). The predicted octanol–water partition coefficient (Wildman–Crippen LogP) is 3.10. The number of carbonyl (C=O) groups is 1. The molecule has 0 aromatic heterocycles. The quantitative estimate of drug-likeness (QED) is 0.606. The van der Waals surface area contributed by atoms with E-state index in [2.05, 4.69) is 28.2 Å². The van der Waals surface area contributed by atoms with Gasteiger partial charge in [-0.25, -0.2) is 0 Å². The first-order valence-electron chi connectivity index (χ1n) is 6.07. The maximum Gasteiger partial charge on any atom is 0.223 e. The standard InChI is InChI=1S/C12H22BrNO/c1-10-4-6-11(7-5-10)12(15)14-9-3-2-8-13/h10-11H,2-9H2,1H3,(H,14,15). The maximum atomic E-state index is 11.7. The number of nitrogens with one attached hydrogen (secondary N) is 1. The summed E-state index contributed by atoms with van der Waals surface area (Å²) in [5, 5.41) is 4.07. The van der Waals surface area contributed by atoms with Gasteiger partial charge in [0, 0.05) is 17.8 Å². The molecule has 0 spiro atoms. The van der Waals surface area contributed by atoms with Gasteiger partial charge in [-0.1, -0.05) is 22.9 Å². The molecule has 0 bridgehead atoms. The normalized spacial score (nSPS) is 26.3. The highest BCUT2D eigenvalue weighted by atomic mass is 79.9. The van der Waals surface area contributed by atoms with E-state index >= 15 is 0 Å². The zero-order valence-electron chi connectivity index (χ0n) is 9.60. The minimum atomic E-state index is 0.288. The highest BCUT2D eigenvalue weighted by molar-refractivity contribution is 9.09. The molecule has 1 aliphatic rings. The number of unbranched alkanes of at least 4 members (excludes halogenated alkanes) is 1. The molecule has 0 atom stereocenters. The second-order valence-electron chi connectivity index (χ2n) is 4.64. The Hall–Kier alpha value is -0.0500. The van der Waals surface area contributed by atoms with Gasteiger partial charge in [-0.2, -0.15) is 0 Å². The van der Waals surface area contributed by atoms with Crippen LogP contribution in [-0.4, -0.2) is 17.8 Å². The number of hydrogen-bond acceptors (Lipinski definition) is 1. The number of carbonyl (C=O) groups excluding carboxylic acids is 1. The van der Waals surface area contributed by atoms with Crippen LogP contribution in [0.1, 0.15) is 45.4 Å². The first kappa shape index (κ1) is 13.0. The van der Waals surface area contributed by atoms with E-state index in [0.29, 0.717) is 5.92 Å². The minimum absolute atomic E-state index is 0.288. The van der Waals surface area contributed by atoms with Crippen molar-refractivity contribution in [2.24, 2.45) is 11.8 Å². The van der Waals surface area contributed by atoms with E-state index < -0.39 is 0 Å². The lowest BCUT2D eigenvalue weighted by Gasteiger charge is -2.25. The summed E-state index contributed by atoms with van der Waals surface area (Å²) < 4.78 is 0. The first-order chi connectivity index (χ1) is 7.24. The summed E-state index contributed by atoms with van der Waals surface area (Å²) in [4.78, 5) is 11.7. The van der Waals surface area contributed by atoms with Crippen LogP contribution in [0.3, 0.4) is 0 Å². The lowest BCUT2D eigenvalue weighted by atomic mass is 9.82. The smallest absolute Gasteiger partial charge is 0.223 e. The van der Waals surface area contributed by atoms with Gasteiger partial charge in [-0.05, 0) is 44.4 Å². The van der Waals surface area contributed by atoms with Crippen LogP contribution in [0.15, 0.2) is 0 Å². The molecule has 1 amide bonds. The summed E-state index contributed by atoms with van der Waals surface area (Å²) in [6, 6.07) is 0. The van der Waals surface area contributed by atoms with Crippen LogP contribution in [-0.2, 0) is 4.79 Å². The van der Waals surface area contributed by atoms with Crippen molar-refractivity contribution >= 4 is 21.8 Å². The Kier molecular flexibility index (Phi) is 6.30. The fraction of sp³-hybridized carbons (Fsp3) is 0.917. The monoisotopic (exact) mass is 275 g/mol. The molecule has 0 aromatic carbocycles. The van der Waals surface area contributed by atoms with Crippen molar-refractivity contribution in [1.29, 1.82) is 0 Å². The highest BCUT2D eigenvalue weighted by Crippen LogP contribution is 2.28. The molecule has 3 heteroatoms. The molecule has 88 valence electrons. The van der Waals surface area contributed by atoms with E-state index in [9.17, 15) is 4.79 Å². The Morgan fingerprint density at radius 3 is 2.53 bits per heavy atom. The van der Waals surface area contributed by atoms with E-state index in [4.69, 9.17) is 0 Å². The highest BCUT2D eigenvalue weighted by Gasteiger charge is 2.23. The van der Waals surface area contributed by atoms with E-state index in [1.54, 1.807) is 0 Å². The summed E-state index contributed by atoms with van der Waals surface area (Å²) in [6.07, 6.45) is 6.85. The van der Waals surface area contributed by atoms with Gasteiger partial charge in [-0.15, -0.1) is 0 Å². The summed E-state index contributed by atoms with van der Waals surface area (Å²) in [5.41, 5.74) is 0. The zero-order chi connectivity index (χ0) is 11.1. The third kappa shape index (κ3) is 5.01. The average molecular weight is 276 g/mol. The lowest BCUT2D eigenvalue weighted by Crippen LogP contribution is -2.33. The van der Waals surface area contributed by atoms with E-state index in [1.165, 1.54) is 12.8 Å². The van der Waals surface area contributed by atoms with Crippen molar-refractivity contribution in [3.63, 3.8) is 0 Å². The van der Waals surface area contributed by atoms with Crippen molar-refractivity contribution in [3.8, 4) is 0 Å². The van der Waals surface area contributed by atoms with Gasteiger partial charge in [0.1, 0.15) is 0 Å². The Bertz CT molecular complexity index is 188. The third-order valence-corrected chi connectivity index (χ3v) is 3.81. The average Bonchev–Trinajstić information content (AvgIpc) is 2.25. The Morgan fingerprint density at radius 2 is 1.93 bits per heavy atom. The zero-order valence-corrected chi connectivity index (χ0v) is 11.2. The molecule has 0 aromatic rings. The van der Waals surface area contributed by atoms with Crippen LogP contribution in [0.5, 0.6) is 0 Å². The predicted molar refractivity (Wildman–Crippen MR) is 67.2 cm³/mol. The van der Waals surface area contributed by atoms with Crippen LogP contribution in [0.2, 0.25) is 0 Å². The molecule has 0 aliphatic heterocycles. The van der Waals surface area contributed by atoms with Crippen LogP contribution in [0.4, 0.5) is 0 Å². The first-order valence-corrected chi connectivity index (χ1v) is 7.20. The molecular weight excluding hydrogens is 254 g/mol. The van der Waals surface area contributed by atoms with Crippen LogP contribution >= 0.6 is 15.9 Å². The number of amides is 1. The minimum Gasteiger partial charge on any atom is -0.356 e. The summed E-state index contributed by atoms with van der Waals surface area (Å²) in [6.45, 7) is 3.13. The van der Waals surface area contributed by atoms with Crippen molar-refractivity contribution in [3.05, 3.63) is 0 Å². The van der Waals surface area contributed by atoms with Crippen molar-refractivity contribution in [2.75, 3.05) is 11.9 Å². The Balaban J connectivity index is 2.11. The fourth-order valence-electron chi connectivity index (χ4n) is 2.10. The number of rotatable bonds is 5. The van der Waals surface area contributed by atoms with Gasteiger partial charge >= 0.3 is 0 Å². The number of alkyl halides is 1. The Morgan fingerprint density at radius 1 is 1.27 bits per heavy atom. The molecule has 15 heavy (non-hydrogen) atoms. The third-order valence-electron chi connectivity index (χ3n) is 3.25.